The molecular weight excluding hydrogens is 237 g/mol. The number of carboxylic acid groups (broad SMARTS) is 1. The Labute approximate surface area is 104 Å². The van der Waals surface area contributed by atoms with E-state index in [-0.39, 0.29) is 17.9 Å². The number of anilines is 1. The van der Waals surface area contributed by atoms with Gasteiger partial charge in [0.2, 0.25) is 5.91 Å². The highest BCUT2D eigenvalue weighted by Crippen LogP contribution is 2.41. The minimum Gasteiger partial charge on any atom is -0.481 e. The highest BCUT2D eigenvalue weighted by molar-refractivity contribution is 6.07. The number of hydrogen-bond donors (Lipinski definition) is 1. The number of likely N-dealkylation sites (N-methyl/N-ethyl adjacent to an activating group) is 1. The number of carbonyl (C=O) groups excluding carboxylic acids is 1. The van der Waals surface area contributed by atoms with E-state index in [1.54, 1.807) is 20.9 Å². The van der Waals surface area contributed by atoms with Crippen LogP contribution in [0.2, 0.25) is 0 Å². The van der Waals surface area contributed by atoms with E-state index in [9.17, 15) is 14.0 Å². The van der Waals surface area contributed by atoms with Gasteiger partial charge in [0, 0.05) is 18.3 Å². The lowest BCUT2D eigenvalue weighted by atomic mass is 9.85. The van der Waals surface area contributed by atoms with E-state index in [4.69, 9.17) is 5.11 Å². The van der Waals surface area contributed by atoms with Crippen molar-refractivity contribution in [2.45, 2.75) is 25.7 Å². The molecule has 1 heterocycles. The third kappa shape index (κ3) is 1.66. The van der Waals surface area contributed by atoms with Crippen LogP contribution in [0.15, 0.2) is 12.1 Å². The number of rotatable bonds is 2. The zero-order valence-electron chi connectivity index (χ0n) is 10.5. The van der Waals surface area contributed by atoms with E-state index < -0.39 is 17.2 Å². The van der Waals surface area contributed by atoms with Crippen LogP contribution in [0.25, 0.3) is 0 Å². The number of fused-ring (bicyclic) bond motifs is 1. The number of carboxylic acids is 1. The zero-order valence-corrected chi connectivity index (χ0v) is 10.5. The maximum absolute atomic E-state index is 13.8. The summed E-state index contributed by atoms with van der Waals surface area (Å²) in [7, 11) is 1.61. The molecule has 0 spiro atoms. The molecule has 0 radical (unpaired) electrons. The Balaban J connectivity index is 2.59. The van der Waals surface area contributed by atoms with Crippen molar-refractivity contribution in [2.75, 3.05) is 11.9 Å². The predicted molar refractivity (Wildman–Crippen MR) is 64.2 cm³/mol. The number of nitrogens with zero attached hydrogens (tertiary/aromatic N) is 1. The van der Waals surface area contributed by atoms with Crippen LogP contribution in [-0.2, 0) is 21.4 Å². The van der Waals surface area contributed by atoms with E-state index in [1.165, 1.54) is 17.0 Å². The van der Waals surface area contributed by atoms with Gasteiger partial charge in [0.25, 0.3) is 0 Å². The van der Waals surface area contributed by atoms with Gasteiger partial charge in [-0.05, 0) is 31.5 Å². The summed E-state index contributed by atoms with van der Waals surface area (Å²) < 4.78 is 13.8. The fourth-order valence-electron chi connectivity index (χ4n) is 2.33. The summed E-state index contributed by atoms with van der Waals surface area (Å²) in [6.07, 6.45) is -0.387. The van der Waals surface area contributed by atoms with Crippen LogP contribution in [0, 0.1) is 5.82 Å². The third-order valence-electron chi connectivity index (χ3n) is 3.38. The Kier molecular flexibility index (Phi) is 2.65. The fourth-order valence-corrected chi connectivity index (χ4v) is 2.33. The van der Waals surface area contributed by atoms with Crippen molar-refractivity contribution in [2.24, 2.45) is 0 Å². The van der Waals surface area contributed by atoms with E-state index in [2.05, 4.69) is 0 Å². The predicted octanol–water partition coefficient (Wildman–Crippen LogP) is 1.71. The smallest absolute Gasteiger partial charge is 0.307 e. The maximum Gasteiger partial charge on any atom is 0.307 e. The quantitative estimate of drug-likeness (QED) is 0.870. The molecule has 0 atom stereocenters. The van der Waals surface area contributed by atoms with Gasteiger partial charge in [-0.2, -0.15) is 0 Å². The Morgan fingerprint density at radius 3 is 2.61 bits per heavy atom. The maximum atomic E-state index is 13.8. The van der Waals surface area contributed by atoms with Gasteiger partial charge in [-0.15, -0.1) is 0 Å². The van der Waals surface area contributed by atoms with Gasteiger partial charge in [0.05, 0.1) is 11.8 Å². The lowest BCUT2D eigenvalue weighted by Crippen LogP contribution is -2.33. The Hall–Kier alpha value is -1.91. The average Bonchev–Trinajstić information content (AvgIpc) is 2.42. The monoisotopic (exact) mass is 251 g/mol. The van der Waals surface area contributed by atoms with Crippen molar-refractivity contribution in [3.05, 3.63) is 29.1 Å². The van der Waals surface area contributed by atoms with Gasteiger partial charge in [0.1, 0.15) is 5.82 Å². The second-order valence-corrected chi connectivity index (χ2v) is 5.02. The molecule has 96 valence electrons. The van der Waals surface area contributed by atoms with Crippen molar-refractivity contribution in [1.29, 1.82) is 0 Å². The molecule has 5 heteroatoms. The van der Waals surface area contributed by atoms with Crippen molar-refractivity contribution in [3.63, 3.8) is 0 Å². The van der Waals surface area contributed by atoms with Crippen LogP contribution in [0.4, 0.5) is 10.1 Å². The van der Waals surface area contributed by atoms with E-state index in [1.807, 2.05) is 0 Å². The average molecular weight is 251 g/mol. The molecule has 0 unspecified atom stereocenters. The van der Waals surface area contributed by atoms with Crippen molar-refractivity contribution in [1.82, 2.24) is 0 Å². The van der Waals surface area contributed by atoms with Gasteiger partial charge < -0.3 is 10.0 Å². The summed E-state index contributed by atoms with van der Waals surface area (Å²) in [5, 5.41) is 8.71. The highest BCUT2D eigenvalue weighted by Gasteiger charge is 2.42. The number of benzene rings is 1. The summed E-state index contributed by atoms with van der Waals surface area (Å²) in [5.74, 6) is -1.79. The van der Waals surface area contributed by atoms with Crippen LogP contribution in [0.5, 0.6) is 0 Å². The third-order valence-corrected chi connectivity index (χ3v) is 3.38. The highest BCUT2D eigenvalue weighted by atomic mass is 19.1. The molecule has 4 nitrogen and oxygen atoms in total. The summed E-state index contributed by atoms with van der Waals surface area (Å²) in [6.45, 7) is 3.46. The van der Waals surface area contributed by atoms with Crippen molar-refractivity contribution < 1.29 is 19.1 Å². The van der Waals surface area contributed by atoms with Crippen LogP contribution in [-0.4, -0.2) is 24.0 Å². The van der Waals surface area contributed by atoms with Gasteiger partial charge >= 0.3 is 5.97 Å². The largest absolute Gasteiger partial charge is 0.481 e. The molecule has 1 aromatic carbocycles. The minimum atomic E-state index is -1.10. The summed E-state index contributed by atoms with van der Waals surface area (Å²) in [6, 6.07) is 2.72. The first-order valence-corrected chi connectivity index (χ1v) is 5.58. The molecule has 1 aliphatic heterocycles. The summed E-state index contributed by atoms with van der Waals surface area (Å²) in [4.78, 5) is 24.1. The van der Waals surface area contributed by atoms with Crippen LogP contribution in [0.3, 0.4) is 0 Å². The molecule has 0 fully saturated rings. The van der Waals surface area contributed by atoms with E-state index in [0.29, 0.717) is 11.3 Å². The Morgan fingerprint density at radius 1 is 1.44 bits per heavy atom. The first-order valence-electron chi connectivity index (χ1n) is 5.58. The molecular formula is C13H14FNO3. The summed E-state index contributed by atoms with van der Waals surface area (Å²) >= 11 is 0. The van der Waals surface area contributed by atoms with Crippen LogP contribution >= 0.6 is 0 Å². The second-order valence-electron chi connectivity index (χ2n) is 5.02. The van der Waals surface area contributed by atoms with E-state index >= 15 is 0 Å². The van der Waals surface area contributed by atoms with Gasteiger partial charge in [-0.25, -0.2) is 4.39 Å². The van der Waals surface area contributed by atoms with Crippen LogP contribution in [0.1, 0.15) is 25.0 Å². The minimum absolute atomic E-state index is 0.0959. The molecule has 0 aliphatic carbocycles. The SMILES string of the molecule is CN1C(=O)C(C)(C)c2cc(F)c(CC(=O)O)cc21. The fraction of sp³-hybridized carbons (Fsp3) is 0.385. The first-order chi connectivity index (χ1) is 8.25. The lowest BCUT2D eigenvalue weighted by Gasteiger charge is -2.16. The zero-order chi connectivity index (χ0) is 13.7. The Bertz CT molecular complexity index is 551. The van der Waals surface area contributed by atoms with Gasteiger partial charge in [-0.3, -0.25) is 9.59 Å². The van der Waals surface area contributed by atoms with Gasteiger partial charge in [-0.1, -0.05) is 0 Å². The van der Waals surface area contributed by atoms with Gasteiger partial charge in [0.15, 0.2) is 0 Å². The lowest BCUT2D eigenvalue weighted by molar-refractivity contribution is -0.136. The van der Waals surface area contributed by atoms with Crippen molar-refractivity contribution in [3.8, 4) is 0 Å². The number of aliphatic carboxylic acids is 1. The molecule has 1 amide bonds. The first kappa shape index (κ1) is 12.5. The number of amides is 1. The molecule has 0 bridgehead atoms. The Morgan fingerprint density at radius 2 is 2.06 bits per heavy atom. The molecule has 1 N–H and O–H groups in total. The number of halogens is 1. The molecule has 0 saturated heterocycles. The molecule has 0 saturated carbocycles. The van der Waals surface area contributed by atoms with E-state index in [0.717, 1.165) is 0 Å². The topological polar surface area (TPSA) is 57.6 Å². The second kappa shape index (κ2) is 3.80. The normalized spacial score (nSPS) is 16.9. The molecule has 0 aromatic heterocycles. The molecule has 1 aliphatic rings. The summed E-state index contributed by atoms with van der Waals surface area (Å²) in [5.41, 5.74) is 0.509. The molecule has 2 rings (SSSR count). The standard InChI is InChI=1S/C13H14FNO3/c1-13(2)8-6-9(14)7(5-11(16)17)4-10(8)15(3)12(13)18/h4,6H,5H2,1-3H3,(H,16,17). The molecule has 18 heavy (non-hydrogen) atoms. The van der Waals surface area contributed by atoms with Crippen molar-refractivity contribution >= 4 is 17.6 Å². The molecule has 1 aromatic rings. The van der Waals surface area contributed by atoms with Crippen LogP contribution < -0.4 is 4.90 Å². The number of carbonyl (C=O) groups is 2. The number of hydrogen-bond acceptors (Lipinski definition) is 2.